The first-order valence-corrected chi connectivity index (χ1v) is 12.4. The number of hydrogen-bond acceptors (Lipinski definition) is 8. The van der Waals surface area contributed by atoms with Crippen LogP contribution in [-0.4, -0.2) is 49.2 Å². The predicted octanol–water partition coefficient (Wildman–Crippen LogP) is 0.256. The SMILES string of the molecule is O=C(O)c1c(S(=O)(=O)[N-]S(=O)(=O)c2cc3ccccc3c(O)c2C(=O)O)cc2ccccc2c1O.[K+]. The van der Waals surface area contributed by atoms with E-state index < -0.39 is 64.4 Å². The topological polar surface area (TPSA) is 197 Å². The van der Waals surface area contributed by atoms with Crippen LogP contribution >= 0.6 is 0 Å². The molecule has 0 saturated carbocycles. The second-order valence-electron chi connectivity index (χ2n) is 7.27. The zero-order chi connectivity index (χ0) is 25.7. The van der Waals surface area contributed by atoms with Gasteiger partial charge in [-0.15, -0.1) is 0 Å². The van der Waals surface area contributed by atoms with Gasteiger partial charge in [-0.2, -0.15) is 0 Å². The molecule has 0 fully saturated rings. The van der Waals surface area contributed by atoms with Crippen LogP contribution in [0.5, 0.6) is 11.5 Å². The van der Waals surface area contributed by atoms with Gasteiger partial charge in [0.15, 0.2) is 0 Å². The summed E-state index contributed by atoms with van der Waals surface area (Å²) in [7, 11) is -10.7. The number of rotatable bonds is 6. The number of carboxylic acids is 2. The molecule has 0 unspecified atom stereocenters. The van der Waals surface area contributed by atoms with Crippen molar-refractivity contribution in [3.05, 3.63) is 75.9 Å². The minimum atomic E-state index is -5.34. The first-order chi connectivity index (χ1) is 16.3. The normalized spacial score (nSPS) is 11.8. The van der Waals surface area contributed by atoms with Crippen molar-refractivity contribution in [2.24, 2.45) is 0 Å². The molecule has 4 N–H and O–H groups in total. The van der Waals surface area contributed by atoms with Crippen LogP contribution < -0.4 is 51.4 Å². The van der Waals surface area contributed by atoms with Crippen molar-refractivity contribution in [3.63, 3.8) is 0 Å². The summed E-state index contributed by atoms with van der Waals surface area (Å²) < 4.78 is 55.0. The molecule has 0 spiro atoms. The summed E-state index contributed by atoms with van der Waals surface area (Å²) in [4.78, 5) is 21.3. The molecule has 0 heterocycles. The fourth-order valence-corrected chi connectivity index (χ4v) is 6.75. The Bertz CT molecular complexity index is 1650. The first-order valence-electron chi connectivity index (χ1n) is 9.55. The molecule has 11 nitrogen and oxygen atoms in total. The van der Waals surface area contributed by atoms with Crippen molar-refractivity contribution < 1.29 is 98.2 Å². The van der Waals surface area contributed by atoms with Crippen LogP contribution in [0.3, 0.4) is 0 Å². The Labute approximate surface area is 246 Å². The molecule has 0 bridgehead atoms. The summed E-state index contributed by atoms with van der Waals surface area (Å²) in [6, 6.07) is 12.9. The van der Waals surface area contributed by atoms with E-state index in [0.717, 1.165) is 12.1 Å². The summed E-state index contributed by atoms with van der Waals surface area (Å²) in [6.07, 6.45) is 0. The smallest absolute Gasteiger partial charge is 0.506 e. The van der Waals surface area contributed by atoms with Crippen LogP contribution in [-0.2, 0) is 20.0 Å². The minimum absolute atomic E-state index is 0. The number of nitrogens with zero attached hydrogens (tertiary/aromatic N) is 1. The zero-order valence-electron chi connectivity index (χ0n) is 18.3. The number of sulfonamides is 2. The number of carbonyl (C=O) groups is 2. The molecule has 0 atom stereocenters. The summed E-state index contributed by atoms with van der Waals surface area (Å²) in [6.45, 7) is 0. The summed E-state index contributed by atoms with van der Waals surface area (Å²) in [5.41, 5.74) is -2.22. The Morgan fingerprint density at radius 2 is 0.972 bits per heavy atom. The van der Waals surface area contributed by atoms with Gasteiger partial charge < -0.3 is 24.6 Å². The Hall–Kier alpha value is -2.56. The number of aromatic carboxylic acids is 2. The summed E-state index contributed by atoms with van der Waals surface area (Å²) in [5, 5.41) is 40.0. The van der Waals surface area contributed by atoms with E-state index >= 15 is 0 Å². The van der Waals surface area contributed by atoms with Crippen LogP contribution in [0, 0.1) is 0 Å². The number of carboxylic acid groups (broad SMARTS) is 2. The third-order valence-corrected chi connectivity index (χ3v) is 8.48. The molecule has 0 amide bonds. The summed E-state index contributed by atoms with van der Waals surface area (Å²) in [5.74, 6) is -5.57. The summed E-state index contributed by atoms with van der Waals surface area (Å²) >= 11 is 0. The molecule has 4 aromatic rings. The van der Waals surface area contributed by atoms with Crippen molar-refractivity contribution in [1.82, 2.24) is 0 Å². The average Bonchev–Trinajstić information content (AvgIpc) is 2.77. The third kappa shape index (κ3) is 4.86. The second kappa shape index (κ2) is 10.1. The second-order valence-corrected chi connectivity index (χ2v) is 10.7. The molecule has 4 aromatic carbocycles. The quantitative estimate of drug-likeness (QED) is 0.239. The maximum absolute atomic E-state index is 13.0. The predicted molar refractivity (Wildman–Crippen MR) is 123 cm³/mol. The van der Waals surface area contributed by atoms with Gasteiger partial charge >= 0.3 is 63.3 Å². The van der Waals surface area contributed by atoms with E-state index in [0.29, 0.717) is 0 Å². The third-order valence-electron chi connectivity index (χ3n) is 5.15. The van der Waals surface area contributed by atoms with Gasteiger partial charge in [-0.3, -0.25) is 0 Å². The van der Waals surface area contributed by atoms with Crippen LogP contribution in [0.2, 0.25) is 0 Å². The van der Waals surface area contributed by atoms with Gasteiger partial charge in [0.25, 0.3) is 0 Å². The standard InChI is InChI=1S/C22H14NO10S2.K/c24-19-13-7-3-1-5-11(13)9-15(17(19)21(26)27)34(30,31)23-35(32,33)16-10-12-6-2-4-8-14(12)20(25)18(16)22(28)29;/h1-10,24-25H,(H,26,27)(H,28,29);/q-1;+1. The van der Waals surface area contributed by atoms with Crippen molar-refractivity contribution in [1.29, 1.82) is 0 Å². The van der Waals surface area contributed by atoms with Crippen molar-refractivity contribution in [2.45, 2.75) is 9.79 Å². The van der Waals surface area contributed by atoms with E-state index in [1.54, 1.807) is 0 Å². The molecule has 0 radical (unpaired) electrons. The van der Waals surface area contributed by atoms with Crippen LogP contribution in [0.4, 0.5) is 0 Å². The van der Waals surface area contributed by atoms with Gasteiger partial charge in [0.05, 0.1) is 9.79 Å². The zero-order valence-corrected chi connectivity index (χ0v) is 23.0. The monoisotopic (exact) mass is 555 g/mol. The fourth-order valence-electron chi connectivity index (χ4n) is 3.64. The van der Waals surface area contributed by atoms with Gasteiger partial charge in [-0.1, -0.05) is 48.5 Å². The van der Waals surface area contributed by atoms with E-state index in [2.05, 4.69) is 4.13 Å². The number of aromatic hydroxyl groups is 2. The van der Waals surface area contributed by atoms with E-state index in [1.807, 2.05) is 0 Å². The number of benzene rings is 4. The molecule has 0 saturated heterocycles. The van der Waals surface area contributed by atoms with Crippen molar-refractivity contribution >= 4 is 53.5 Å². The number of phenols is 2. The Balaban J connectivity index is 0.00000361. The number of fused-ring (bicyclic) bond motifs is 2. The van der Waals surface area contributed by atoms with Crippen LogP contribution in [0.25, 0.3) is 25.7 Å². The minimum Gasteiger partial charge on any atom is -0.506 e. The Morgan fingerprint density at radius 1 is 0.639 bits per heavy atom. The molecule has 180 valence electrons. The molecule has 0 aliphatic carbocycles. The molecular formula is C22H14KNO10S2. The molecule has 0 aliphatic heterocycles. The van der Waals surface area contributed by atoms with Crippen molar-refractivity contribution in [2.75, 3.05) is 0 Å². The molecule has 0 aromatic heterocycles. The Morgan fingerprint density at radius 3 is 1.31 bits per heavy atom. The van der Waals surface area contributed by atoms with Gasteiger partial charge in [-0.05, 0) is 22.9 Å². The average molecular weight is 556 g/mol. The molecular weight excluding hydrogens is 541 g/mol. The van der Waals surface area contributed by atoms with E-state index in [-0.39, 0.29) is 72.9 Å². The molecule has 4 rings (SSSR count). The fraction of sp³-hybridized carbons (Fsp3) is 0. The number of hydrogen-bond donors (Lipinski definition) is 4. The van der Waals surface area contributed by atoms with E-state index in [4.69, 9.17) is 0 Å². The maximum Gasteiger partial charge on any atom is 1.00 e. The van der Waals surface area contributed by atoms with Gasteiger partial charge in [-0.25, -0.2) is 26.4 Å². The molecule has 14 heteroatoms. The van der Waals surface area contributed by atoms with Crippen LogP contribution in [0.1, 0.15) is 20.7 Å². The van der Waals surface area contributed by atoms with Crippen molar-refractivity contribution in [3.8, 4) is 11.5 Å². The first kappa shape index (κ1) is 28.0. The molecule has 0 aliphatic rings. The molecule has 36 heavy (non-hydrogen) atoms. The van der Waals surface area contributed by atoms with E-state index in [9.17, 15) is 46.9 Å². The van der Waals surface area contributed by atoms with Gasteiger partial charge in [0.2, 0.25) is 0 Å². The largest absolute Gasteiger partial charge is 1.00 e. The van der Waals surface area contributed by atoms with Gasteiger partial charge in [0, 0.05) is 10.8 Å². The van der Waals surface area contributed by atoms with Crippen LogP contribution in [0.15, 0.2) is 70.5 Å². The Kier molecular flexibility index (Phi) is 7.83. The van der Waals surface area contributed by atoms with Gasteiger partial charge in [0.1, 0.15) is 42.7 Å². The maximum atomic E-state index is 13.0. The van der Waals surface area contributed by atoms with E-state index in [1.165, 1.54) is 48.5 Å².